The monoisotopic (exact) mass is 418 g/mol. The molecule has 0 spiro atoms. The van der Waals surface area contributed by atoms with Gasteiger partial charge in [-0.05, 0) is 54.4 Å². The molecule has 2 N–H and O–H groups in total. The summed E-state index contributed by atoms with van der Waals surface area (Å²) >= 11 is 0. The molecule has 2 heterocycles. The standard InChI is InChI=1S/C23H19FN4O3/c1-15-4-7-17(21-25-10-12-31-21)13-20(15)27-23(30)26-19-3-2-11-28(22(19)29)14-16-5-8-18(24)9-6-16/h2-13H,14H2,1H3,(H2,26,27,30). The van der Waals surface area contributed by atoms with Crippen LogP contribution in [0.4, 0.5) is 20.6 Å². The highest BCUT2D eigenvalue weighted by Crippen LogP contribution is 2.24. The number of aromatic nitrogens is 2. The van der Waals surface area contributed by atoms with Crippen molar-refractivity contribution in [1.82, 2.24) is 9.55 Å². The first kappa shape index (κ1) is 20.1. The number of pyridine rings is 1. The molecule has 0 radical (unpaired) electrons. The van der Waals surface area contributed by atoms with Crippen LogP contribution in [0.2, 0.25) is 0 Å². The molecule has 2 amide bonds. The van der Waals surface area contributed by atoms with Crippen LogP contribution in [0.1, 0.15) is 11.1 Å². The zero-order chi connectivity index (χ0) is 21.8. The molecule has 156 valence electrons. The van der Waals surface area contributed by atoms with Crippen molar-refractivity contribution in [2.45, 2.75) is 13.5 Å². The van der Waals surface area contributed by atoms with E-state index in [9.17, 15) is 14.0 Å². The van der Waals surface area contributed by atoms with Crippen LogP contribution in [0.25, 0.3) is 11.5 Å². The van der Waals surface area contributed by atoms with Crippen molar-refractivity contribution >= 4 is 17.4 Å². The number of rotatable bonds is 5. The van der Waals surface area contributed by atoms with Gasteiger partial charge in [-0.25, -0.2) is 14.2 Å². The van der Waals surface area contributed by atoms with Crippen molar-refractivity contribution in [2.75, 3.05) is 10.6 Å². The maximum Gasteiger partial charge on any atom is 0.323 e. The summed E-state index contributed by atoms with van der Waals surface area (Å²) in [7, 11) is 0. The van der Waals surface area contributed by atoms with E-state index < -0.39 is 6.03 Å². The predicted octanol–water partition coefficient (Wildman–Crippen LogP) is 4.64. The van der Waals surface area contributed by atoms with Crippen LogP contribution in [0.3, 0.4) is 0 Å². The van der Waals surface area contributed by atoms with E-state index in [0.717, 1.165) is 11.1 Å². The number of hydrogen-bond donors (Lipinski definition) is 2. The van der Waals surface area contributed by atoms with Crippen molar-refractivity contribution < 1.29 is 13.6 Å². The first-order chi connectivity index (χ1) is 15.0. The van der Waals surface area contributed by atoms with Gasteiger partial charge in [-0.2, -0.15) is 0 Å². The van der Waals surface area contributed by atoms with Crippen LogP contribution in [-0.2, 0) is 6.54 Å². The fourth-order valence-electron chi connectivity index (χ4n) is 3.07. The average molecular weight is 418 g/mol. The van der Waals surface area contributed by atoms with E-state index in [0.29, 0.717) is 17.1 Å². The third kappa shape index (κ3) is 4.69. The molecule has 8 heteroatoms. The predicted molar refractivity (Wildman–Crippen MR) is 116 cm³/mol. The van der Waals surface area contributed by atoms with Crippen LogP contribution < -0.4 is 16.2 Å². The summed E-state index contributed by atoms with van der Waals surface area (Å²) in [5.74, 6) is 0.0978. The lowest BCUT2D eigenvalue weighted by Gasteiger charge is -2.12. The van der Waals surface area contributed by atoms with Crippen LogP contribution in [0.15, 0.2) is 82.5 Å². The largest absolute Gasteiger partial charge is 0.445 e. The molecule has 0 atom stereocenters. The number of hydrogen-bond acceptors (Lipinski definition) is 4. The minimum absolute atomic E-state index is 0.128. The van der Waals surface area contributed by atoms with Gasteiger partial charge in [-0.3, -0.25) is 4.79 Å². The zero-order valence-corrected chi connectivity index (χ0v) is 16.6. The number of anilines is 2. The summed E-state index contributed by atoms with van der Waals surface area (Å²) in [5.41, 5.74) is 2.65. The number of carbonyl (C=O) groups excluding carboxylic acids is 1. The first-order valence-electron chi connectivity index (χ1n) is 9.52. The van der Waals surface area contributed by atoms with Gasteiger partial charge in [0.25, 0.3) is 5.56 Å². The Balaban J connectivity index is 1.50. The van der Waals surface area contributed by atoms with Crippen molar-refractivity contribution in [2.24, 2.45) is 0 Å². The van der Waals surface area contributed by atoms with Gasteiger partial charge < -0.3 is 19.6 Å². The lowest BCUT2D eigenvalue weighted by Crippen LogP contribution is -2.28. The second-order valence-electron chi connectivity index (χ2n) is 6.93. The molecule has 0 saturated heterocycles. The second-order valence-corrected chi connectivity index (χ2v) is 6.93. The lowest BCUT2D eigenvalue weighted by molar-refractivity contribution is 0.262. The Bertz CT molecular complexity index is 1260. The number of amides is 2. The highest BCUT2D eigenvalue weighted by molar-refractivity contribution is 6.00. The van der Waals surface area contributed by atoms with E-state index in [-0.39, 0.29) is 23.6 Å². The number of nitrogens with one attached hydrogen (secondary N) is 2. The Kier molecular flexibility index (Phi) is 5.61. The molecule has 2 aromatic heterocycles. The average Bonchev–Trinajstić information content (AvgIpc) is 3.29. The minimum atomic E-state index is -0.552. The Morgan fingerprint density at radius 2 is 1.87 bits per heavy atom. The molecule has 4 rings (SSSR count). The molecule has 0 aliphatic carbocycles. The Morgan fingerprint density at radius 3 is 2.61 bits per heavy atom. The Morgan fingerprint density at radius 1 is 1.10 bits per heavy atom. The van der Waals surface area contributed by atoms with E-state index >= 15 is 0 Å². The van der Waals surface area contributed by atoms with Gasteiger partial charge in [-0.15, -0.1) is 0 Å². The minimum Gasteiger partial charge on any atom is -0.445 e. The number of halogens is 1. The molecule has 0 unspecified atom stereocenters. The molecular weight excluding hydrogens is 399 g/mol. The quantitative estimate of drug-likeness (QED) is 0.494. The van der Waals surface area contributed by atoms with E-state index in [1.807, 2.05) is 19.1 Å². The summed E-state index contributed by atoms with van der Waals surface area (Å²) < 4.78 is 19.8. The van der Waals surface area contributed by atoms with Crippen molar-refractivity contribution in [3.05, 3.63) is 101 Å². The van der Waals surface area contributed by atoms with E-state index in [1.54, 1.807) is 36.7 Å². The number of benzene rings is 2. The summed E-state index contributed by atoms with van der Waals surface area (Å²) in [6.45, 7) is 2.11. The topological polar surface area (TPSA) is 89.2 Å². The fraction of sp³-hybridized carbons (Fsp3) is 0.0870. The Hall–Kier alpha value is -4.20. The molecule has 0 bridgehead atoms. The van der Waals surface area contributed by atoms with Crippen LogP contribution in [0, 0.1) is 12.7 Å². The summed E-state index contributed by atoms with van der Waals surface area (Å²) in [6.07, 6.45) is 4.63. The third-order valence-corrected chi connectivity index (χ3v) is 4.70. The molecule has 7 nitrogen and oxygen atoms in total. The maximum absolute atomic E-state index is 13.1. The van der Waals surface area contributed by atoms with Crippen molar-refractivity contribution in [3.63, 3.8) is 0 Å². The Labute approximate surface area is 177 Å². The van der Waals surface area contributed by atoms with E-state index in [2.05, 4.69) is 15.6 Å². The molecule has 0 saturated carbocycles. The molecule has 0 fully saturated rings. The first-order valence-corrected chi connectivity index (χ1v) is 9.52. The normalized spacial score (nSPS) is 10.6. The van der Waals surface area contributed by atoms with E-state index in [1.165, 1.54) is 29.0 Å². The zero-order valence-electron chi connectivity index (χ0n) is 16.6. The van der Waals surface area contributed by atoms with Gasteiger partial charge in [0.05, 0.1) is 12.7 Å². The highest BCUT2D eigenvalue weighted by atomic mass is 19.1. The third-order valence-electron chi connectivity index (χ3n) is 4.70. The van der Waals surface area contributed by atoms with Gasteiger partial charge >= 0.3 is 6.03 Å². The van der Waals surface area contributed by atoms with Crippen LogP contribution in [-0.4, -0.2) is 15.6 Å². The van der Waals surface area contributed by atoms with Crippen molar-refractivity contribution in [1.29, 1.82) is 0 Å². The summed E-state index contributed by atoms with van der Waals surface area (Å²) in [6, 6.07) is 14.0. The summed E-state index contributed by atoms with van der Waals surface area (Å²) in [5, 5.41) is 5.35. The molecule has 0 aliphatic heterocycles. The van der Waals surface area contributed by atoms with Crippen LogP contribution in [0.5, 0.6) is 0 Å². The molecule has 4 aromatic rings. The number of aryl methyl sites for hydroxylation is 1. The SMILES string of the molecule is Cc1ccc(-c2ncco2)cc1NC(=O)Nc1cccn(Cc2ccc(F)cc2)c1=O. The molecule has 0 aliphatic rings. The molecule has 2 aromatic carbocycles. The number of carbonyl (C=O) groups is 1. The highest BCUT2D eigenvalue weighted by Gasteiger charge is 2.11. The number of urea groups is 1. The van der Waals surface area contributed by atoms with Crippen LogP contribution >= 0.6 is 0 Å². The summed E-state index contributed by atoms with van der Waals surface area (Å²) in [4.78, 5) is 29.4. The second kappa shape index (κ2) is 8.66. The fourth-order valence-corrected chi connectivity index (χ4v) is 3.07. The molecular formula is C23H19FN4O3. The number of oxazole rings is 1. The van der Waals surface area contributed by atoms with Gasteiger partial charge in [0.2, 0.25) is 5.89 Å². The smallest absolute Gasteiger partial charge is 0.323 e. The molecule has 31 heavy (non-hydrogen) atoms. The maximum atomic E-state index is 13.1. The van der Waals surface area contributed by atoms with E-state index in [4.69, 9.17) is 4.42 Å². The van der Waals surface area contributed by atoms with Crippen molar-refractivity contribution in [3.8, 4) is 11.5 Å². The van der Waals surface area contributed by atoms with Gasteiger partial charge in [-0.1, -0.05) is 18.2 Å². The van der Waals surface area contributed by atoms with Gasteiger partial charge in [0.15, 0.2) is 0 Å². The lowest BCUT2D eigenvalue weighted by atomic mass is 10.1. The van der Waals surface area contributed by atoms with Gasteiger partial charge in [0, 0.05) is 17.4 Å². The number of nitrogens with zero attached hydrogens (tertiary/aromatic N) is 2. The van der Waals surface area contributed by atoms with Gasteiger partial charge in [0.1, 0.15) is 17.8 Å².